The molecule has 2 aromatic rings. The molecule has 0 atom stereocenters. The summed E-state index contributed by atoms with van der Waals surface area (Å²) in [6.07, 6.45) is 4.78. The summed E-state index contributed by atoms with van der Waals surface area (Å²) in [4.78, 5) is 11.9. The van der Waals surface area contributed by atoms with E-state index >= 15 is 0 Å². The largest absolute Gasteiger partial charge is 0.505 e. The average Bonchev–Trinajstić information content (AvgIpc) is 2.32. The summed E-state index contributed by atoms with van der Waals surface area (Å²) in [5.74, 6) is 0.228. The third kappa shape index (κ3) is 2.46. The highest BCUT2D eigenvalue weighted by Crippen LogP contribution is 2.20. The number of anilines is 2. The van der Waals surface area contributed by atoms with Gasteiger partial charge in [-0.1, -0.05) is 0 Å². The summed E-state index contributed by atoms with van der Waals surface area (Å²) in [5, 5.41) is 20.9. The fourth-order valence-corrected chi connectivity index (χ4v) is 1.19. The van der Waals surface area contributed by atoms with E-state index in [0.29, 0.717) is 11.6 Å². The van der Waals surface area contributed by atoms with Crippen molar-refractivity contribution in [3.63, 3.8) is 0 Å². The van der Waals surface area contributed by atoms with Crippen molar-refractivity contribution < 1.29 is 5.11 Å². The lowest BCUT2D eigenvalue weighted by Gasteiger charge is -2.04. The molecule has 0 aliphatic heterocycles. The molecule has 0 amide bonds. The second-order valence-corrected chi connectivity index (χ2v) is 3.41. The van der Waals surface area contributed by atoms with E-state index in [-0.39, 0.29) is 11.4 Å². The van der Waals surface area contributed by atoms with Crippen LogP contribution in [0.3, 0.4) is 0 Å². The predicted molar refractivity (Wildman–Crippen MR) is 60.7 cm³/mol. The molecule has 17 heavy (non-hydrogen) atoms. The first-order valence-electron chi connectivity index (χ1n) is 4.84. The molecule has 0 fully saturated rings. The number of nitriles is 1. The molecule has 0 aliphatic carbocycles. The van der Waals surface area contributed by atoms with Crippen LogP contribution in [0.4, 0.5) is 11.6 Å². The molecule has 0 radical (unpaired) electrons. The Kier molecular flexibility index (Phi) is 2.83. The third-order valence-electron chi connectivity index (χ3n) is 2.01. The maximum atomic E-state index is 9.45. The lowest BCUT2D eigenvalue weighted by atomic mass is 10.3. The van der Waals surface area contributed by atoms with Gasteiger partial charge in [0.15, 0.2) is 11.4 Å². The van der Waals surface area contributed by atoms with Crippen LogP contribution in [-0.4, -0.2) is 20.1 Å². The van der Waals surface area contributed by atoms with Crippen molar-refractivity contribution >= 4 is 11.6 Å². The number of aromatic hydroxyl groups is 1. The van der Waals surface area contributed by atoms with E-state index in [9.17, 15) is 5.11 Å². The summed E-state index contributed by atoms with van der Waals surface area (Å²) < 4.78 is 0. The van der Waals surface area contributed by atoms with Gasteiger partial charge in [-0.05, 0) is 12.5 Å². The summed E-state index contributed by atoms with van der Waals surface area (Å²) in [6.45, 7) is 1.89. The Labute approximate surface area is 97.6 Å². The molecule has 2 heterocycles. The van der Waals surface area contributed by atoms with Gasteiger partial charge in [-0.15, -0.1) is 0 Å². The first-order valence-corrected chi connectivity index (χ1v) is 4.84. The highest BCUT2D eigenvalue weighted by atomic mass is 16.3. The number of aryl methyl sites for hydroxylation is 1. The number of nitrogens with one attached hydrogen (secondary N) is 1. The SMILES string of the molecule is Cc1cnc(Nc2cnc(C#N)c(O)c2)nc1. The quantitative estimate of drug-likeness (QED) is 0.807. The molecule has 84 valence electrons. The van der Waals surface area contributed by atoms with Crippen LogP contribution >= 0.6 is 0 Å². The maximum Gasteiger partial charge on any atom is 0.227 e. The first-order chi connectivity index (χ1) is 8.19. The molecule has 2 N–H and O–H groups in total. The zero-order chi connectivity index (χ0) is 12.3. The van der Waals surface area contributed by atoms with E-state index < -0.39 is 0 Å². The van der Waals surface area contributed by atoms with Gasteiger partial charge in [0.25, 0.3) is 0 Å². The molecule has 6 heteroatoms. The number of rotatable bonds is 2. The van der Waals surface area contributed by atoms with Gasteiger partial charge >= 0.3 is 0 Å². The van der Waals surface area contributed by atoms with Gasteiger partial charge in [0.05, 0.1) is 11.9 Å². The monoisotopic (exact) mass is 227 g/mol. The van der Waals surface area contributed by atoms with Crippen molar-refractivity contribution in [3.8, 4) is 11.8 Å². The van der Waals surface area contributed by atoms with Crippen molar-refractivity contribution in [2.45, 2.75) is 6.92 Å². The standard InChI is InChI=1S/C11H9N5O/c1-7-4-14-11(15-5-7)16-8-2-10(17)9(3-12)13-6-8/h2,4-6,17H,1H3,(H,14,15,16). The number of hydrogen-bond donors (Lipinski definition) is 2. The van der Waals surface area contributed by atoms with Gasteiger partial charge < -0.3 is 10.4 Å². The van der Waals surface area contributed by atoms with Crippen LogP contribution in [0.25, 0.3) is 0 Å². The highest BCUT2D eigenvalue weighted by Gasteiger charge is 2.04. The van der Waals surface area contributed by atoms with Gasteiger partial charge in [-0.25, -0.2) is 15.0 Å². The molecule has 6 nitrogen and oxygen atoms in total. The molecule has 0 saturated heterocycles. The zero-order valence-electron chi connectivity index (χ0n) is 9.05. The Bertz CT molecular complexity index is 573. The van der Waals surface area contributed by atoms with Crippen LogP contribution in [-0.2, 0) is 0 Å². The van der Waals surface area contributed by atoms with E-state index in [1.807, 2.05) is 6.92 Å². The summed E-state index contributed by atoms with van der Waals surface area (Å²) in [6, 6.07) is 3.17. The number of nitrogens with zero attached hydrogens (tertiary/aromatic N) is 4. The van der Waals surface area contributed by atoms with Crippen molar-refractivity contribution in [3.05, 3.63) is 35.9 Å². The number of aromatic nitrogens is 3. The van der Waals surface area contributed by atoms with Crippen LogP contribution in [0.15, 0.2) is 24.7 Å². The second-order valence-electron chi connectivity index (χ2n) is 3.41. The van der Waals surface area contributed by atoms with Crippen LogP contribution in [0.1, 0.15) is 11.3 Å². The summed E-state index contributed by atoms with van der Waals surface area (Å²) in [7, 11) is 0. The van der Waals surface area contributed by atoms with Gasteiger partial charge in [0.1, 0.15) is 6.07 Å². The molecule has 0 spiro atoms. The van der Waals surface area contributed by atoms with Gasteiger partial charge in [-0.2, -0.15) is 5.26 Å². The Hall–Kier alpha value is -2.68. The molecule has 0 bridgehead atoms. The van der Waals surface area contributed by atoms with Crippen molar-refractivity contribution in [2.75, 3.05) is 5.32 Å². The Morgan fingerprint density at radius 1 is 1.24 bits per heavy atom. The Balaban J connectivity index is 2.22. The predicted octanol–water partition coefficient (Wildman–Crippen LogP) is 1.50. The van der Waals surface area contributed by atoms with Gasteiger partial charge in [0, 0.05) is 18.5 Å². The van der Waals surface area contributed by atoms with E-state index in [4.69, 9.17) is 5.26 Å². The summed E-state index contributed by atoms with van der Waals surface area (Å²) in [5.41, 5.74) is 1.46. The molecular weight excluding hydrogens is 218 g/mol. The molecule has 2 aromatic heterocycles. The Morgan fingerprint density at radius 2 is 1.94 bits per heavy atom. The lowest BCUT2D eigenvalue weighted by molar-refractivity contribution is 0.471. The minimum Gasteiger partial charge on any atom is -0.505 e. The molecule has 2 rings (SSSR count). The smallest absolute Gasteiger partial charge is 0.227 e. The van der Waals surface area contributed by atoms with Crippen LogP contribution in [0, 0.1) is 18.3 Å². The van der Waals surface area contributed by atoms with Crippen molar-refractivity contribution in [1.82, 2.24) is 15.0 Å². The number of pyridine rings is 1. The van der Waals surface area contributed by atoms with Crippen molar-refractivity contribution in [1.29, 1.82) is 5.26 Å². The molecule has 0 aliphatic rings. The Morgan fingerprint density at radius 3 is 2.53 bits per heavy atom. The highest BCUT2D eigenvalue weighted by molar-refractivity contribution is 5.56. The van der Waals surface area contributed by atoms with Gasteiger partial charge in [0.2, 0.25) is 5.95 Å². The fourth-order valence-electron chi connectivity index (χ4n) is 1.19. The van der Waals surface area contributed by atoms with Crippen LogP contribution in [0.2, 0.25) is 0 Å². The maximum absolute atomic E-state index is 9.45. The minimum absolute atomic E-state index is 0.0135. The normalized spacial score (nSPS) is 9.65. The molecule has 0 unspecified atom stereocenters. The molecule has 0 saturated carbocycles. The lowest BCUT2D eigenvalue weighted by Crippen LogP contribution is -1.97. The van der Waals surface area contributed by atoms with Crippen LogP contribution in [0.5, 0.6) is 5.75 Å². The van der Waals surface area contributed by atoms with Gasteiger partial charge in [-0.3, -0.25) is 0 Å². The third-order valence-corrected chi connectivity index (χ3v) is 2.01. The molecular formula is C11H9N5O. The van der Waals surface area contributed by atoms with E-state index in [2.05, 4.69) is 20.3 Å². The summed E-state index contributed by atoms with van der Waals surface area (Å²) >= 11 is 0. The van der Waals surface area contributed by atoms with E-state index in [1.54, 1.807) is 18.5 Å². The van der Waals surface area contributed by atoms with Crippen molar-refractivity contribution in [2.24, 2.45) is 0 Å². The van der Waals surface area contributed by atoms with E-state index in [0.717, 1.165) is 5.56 Å². The van der Waals surface area contributed by atoms with Crippen LogP contribution < -0.4 is 5.32 Å². The van der Waals surface area contributed by atoms with E-state index in [1.165, 1.54) is 12.3 Å². The molecule has 0 aromatic carbocycles. The average molecular weight is 227 g/mol. The fraction of sp³-hybridized carbons (Fsp3) is 0.0909. The topological polar surface area (TPSA) is 94.7 Å². The second kappa shape index (κ2) is 4.45. The minimum atomic E-state index is -0.176. The number of hydrogen-bond acceptors (Lipinski definition) is 6. The first kappa shape index (κ1) is 10.8. The zero-order valence-corrected chi connectivity index (χ0v) is 9.05.